The van der Waals surface area contributed by atoms with E-state index in [4.69, 9.17) is 0 Å². The van der Waals surface area contributed by atoms with Gasteiger partial charge >= 0.3 is 0 Å². The second-order valence-electron chi connectivity index (χ2n) is 4.69. The first-order valence-corrected chi connectivity index (χ1v) is 5.78. The summed E-state index contributed by atoms with van der Waals surface area (Å²) in [6.45, 7) is 3.51. The molecule has 2 fully saturated rings. The monoisotopic (exact) mass is 275 g/mol. The molecular weight excluding hydrogens is 257 g/mol. The third-order valence-electron chi connectivity index (χ3n) is 3.70. The first kappa shape index (κ1) is 14.6. The number of rotatable bonds is 1. The molecule has 1 aromatic heterocycles. The second kappa shape index (κ2) is 5.89. The number of aromatic nitrogens is 1. The molecule has 0 unspecified atom stereocenters. The van der Waals surface area contributed by atoms with Gasteiger partial charge in [0.25, 0.3) is 0 Å². The maximum atomic E-state index is 4.18. The Kier molecular flexibility index (Phi) is 5.04. The summed E-state index contributed by atoms with van der Waals surface area (Å²) in [6, 6.07) is 4.17. The molecule has 1 atom stereocenters. The van der Waals surface area contributed by atoms with E-state index in [9.17, 15) is 0 Å². The number of nitrogens with zero attached hydrogens (tertiary/aromatic N) is 2. The summed E-state index contributed by atoms with van der Waals surface area (Å²) in [4.78, 5) is 6.63. The minimum atomic E-state index is 0. The van der Waals surface area contributed by atoms with E-state index < -0.39 is 0 Å². The van der Waals surface area contributed by atoms with Gasteiger partial charge in [0, 0.05) is 24.8 Å². The van der Waals surface area contributed by atoms with E-state index in [1.807, 2.05) is 18.5 Å². The van der Waals surface area contributed by atoms with Crippen LogP contribution in [0, 0.1) is 0 Å². The molecule has 3 heterocycles. The molecule has 1 N–H and O–H groups in total. The Morgan fingerprint density at radius 3 is 2.82 bits per heavy atom. The molecule has 0 radical (unpaired) electrons. The Balaban J connectivity index is 0.000000722. The molecule has 3 rings (SSSR count). The maximum absolute atomic E-state index is 4.18. The lowest BCUT2D eigenvalue weighted by Gasteiger charge is -2.25. The normalized spacial score (nSPS) is 26.7. The van der Waals surface area contributed by atoms with Crippen molar-refractivity contribution in [1.29, 1.82) is 0 Å². The molecule has 0 bridgehead atoms. The highest BCUT2D eigenvalue weighted by Crippen LogP contribution is 2.32. The highest BCUT2D eigenvalue weighted by molar-refractivity contribution is 5.85. The van der Waals surface area contributed by atoms with E-state index in [0.29, 0.717) is 5.54 Å². The summed E-state index contributed by atoms with van der Waals surface area (Å²) < 4.78 is 0. The van der Waals surface area contributed by atoms with Crippen LogP contribution in [0.4, 0.5) is 5.69 Å². The Labute approximate surface area is 115 Å². The van der Waals surface area contributed by atoms with Crippen molar-refractivity contribution in [3.63, 3.8) is 0 Å². The van der Waals surface area contributed by atoms with Crippen molar-refractivity contribution in [1.82, 2.24) is 10.3 Å². The van der Waals surface area contributed by atoms with E-state index in [1.54, 1.807) is 0 Å². The third-order valence-corrected chi connectivity index (χ3v) is 3.70. The van der Waals surface area contributed by atoms with Crippen LogP contribution in [0.15, 0.2) is 24.5 Å². The van der Waals surface area contributed by atoms with Crippen molar-refractivity contribution >= 4 is 30.5 Å². The number of pyridine rings is 1. The molecule has 3 nitrogen and oxygen atoms in total. The molecule has 0 saturated carbocycles. The minimum absolute atomic E-state index is 0. The van der Waals surface area contributed by atoms with E-state index in [2.05, 4.69) is 21.3 Å². The molecule has 0 aliphatic carbocycles. The fraction of sp³-hybridized carbons (Fsp3) is 0.583. The van der Waals surface area contributed by atoms with Gasteiger partial charge in [-0.15, -0.1) is 24.8 Å². The van der Waals surface area contributed by atoms with Gasteiger partial charge in [-0.2, -0.15) is 0 Å². The highest BCUT2D eigenvalue weighted by atomic mass is 35.5. The van der Waals surface area contributed by atoms with Gasteiger partial charge in [0.1, 0.15) is 0 Å². The first-order chi connectivity index (χ1) is 7.38. The van der Waals surface area contributed by atoms with Crippen LogP contribution in [-0.4, -0.2) is 30.2 Å². The van der Waals surface area contributed by atoms with Gasteiger partial charge in [-0.25, -0.2) is 0 Å². The lowest BCUT2D eigenvalue weighted by Crippen LogP contribution is -2.42. The largest absolute Gasteiger partial charge is 0.368 e. The molecule has 1 aromatic rings. The van der Waals surface area contributed by atoms with Crippen molar-refractivity contribution in [3.05, 3.63) is 24.5 Å². The molecular formula is C12H19Cl2N3. The zero-order valence-corrected chi connectivity index (χ0v) is 11.4. The Hall–Kier alpha value is -0.510. The number of nitrogens with one attached hydrogen (secondary N) is 1. The van der Waals surface area contributed by atoms with E-state index >= 15 is 0 Å². The molecule has 17 heavy (non-hydrogen) atoms. The average molecular weight is 276 g/mol. The van der Waals surface area contributed by atoms with Crippen LogP contribution in [0.2, 0.25) is 0 Å². The lowest BCUT2D eigenvalue weighted by atomic mass is 9.97. The van der Waals surface area contributed by atoms with Gasteiger partial charge in [0.15, 0.2) is 0 Å². The van der Waals surface area contributed by atoms with Gasteiger partial charge in [-0.05, 0) is 37.9 Å². The Bertz CT molecular complexity index is 339. The molecule has 0 aromatic carbocycles. The molecule has 5 heteroatoms. The molecule has 2 saturated heterocycles. The highest BCUT2D eigenvalue weighted by Gasteiger charge is 2.39. The third kappa shape index (κ3) is 2.84. The second-order valence-corrected chi connectivity index (χ2v) is 4.69. The van der Waals surface area contributed by atoms with Crippen molar-refractivity contribution < 1.29 is 0 Å². The average Bonchev–Trinajstić information content (AvgIpc) is 2.91. The predicted molar refractivity (Wildman–Crippen MR) is 75.5 cm³/mol. The van der Waals surface area contributed by atoms with Gasteiger partial charge in [0.2, 0.25) is 0 Å². The van der Waals surface area contributed by atoms with Crippen LogP contribution in [0.5, 0.6) is 0 Å². The number of halogens is 2. The molecule has 0 amide bonds. The number of hydrogen-bond acceptors (Lipinski definition) is 3. The van der Waals surface area contributed by atoms with E-state index in [-0.39, 0.29) is 24.8 Å². The zero-order valence-electron chi connectivity index (χ0n) is 9.76. The zero-order chi connectivity index (χ0) is 10.1. The quantitative estimate of drug-likeness (QED) is 0.852. The van der Waals surface area contributed by atoms with Crippen molar-refractivity contribution in [2.75, 3.05) is 24.5 Å². The molecule has 96 valence electrons. The van der Waals surface area contributed by atoms with Gasteiger partial charge in [-0.3, -0.25) is 4.98 Å². The molecule has 2 aliphatic rings. The summed E-state index contributed by atoms with van der Waals surface area (Å²) >= 11 is 0. The summed E-state index contributed by atoms with van der Waals surface area (Å²) in [5, 5.41) is 3.67. The summed E-state index contributed by atoms with van der Waals surface area (Å²) in [6.07, 6.45) is 7.75. The minimum Gasteiger partial charge on any atom is -0.368 e. The van der Waals surface area contributed by atoms with Crippen LogP contribution >= 0.6 is 24.8 Å². The predicted octanol–water partition coefficient (Wildman–Crippen LogP) is 2.26. The SMILES string of the molecule is Cl.Cl.c1cncc(N2CC[C@@]3(CCCN3)C2)c1. The molecule has 1 spiro atoms. The van der Waals surface area contributed by atoms with Crippen molar-refractivity contribution in [2.45, 2.75) is 24.8 Å². The smallest absolute Gasteiger partial charge is 0.0553 e. The summed E-state index contributed by atoms with van der Waals surface area (Å²) in [7, 11) is 0. The fourth-order valence-electron chi connectivity index (χ4n) is 2.85. The van der Waals surface area contributed by atoms with Crippen molar-refractivity contribution in [3.8, 4) is 0 Å². The lowest BCUT2D eigenvalue weighted by molar-refractivity contribution is 0.419. The standard InChI is InChI=1S/C12H17N3.2ClH/c1-3-11(9-13-6-1)15-8-5-12(10-15)4-2-7-14-12;;/h1,3,6,9,14H,2,4-5,7-8,10H2;2*1H/t12-;;/m0../s1. The first-order valence-electron chi connectivity index (χ1n) is 5.78. The van der Waals surface area contributed by atoms with Crippen LogP contribution in [-0.2, 0) is 0 Å². The van der Waals surface area contributed by atoms with Crippen LogP contribution in [0.3, 0.4) is 0 Å². The van der Waals surface area contributed by atoms with E-state index in [0.717, 1.165) is 6.54 Å². The van der Waals surface area contributed by atoms with Crippen LogP contribution in [0.1, 0.15) is 19.3 Å². The number of hydrogen-bond donors (Lipinski definition) is 1. The van der Waals surface area contributed by atoms with Crippen LogP contribution in [0.25, 0.3) is 0 Å². The topological polar surface area (TPSA) is 28.2 Å². The van der Waals surface area contributed by atoms with Crippen LogP contribution < -0.4 is 10.2 Å². The van der Waals surface area contributed by atoms with Crippen molar-refractivity contribution in [2.24, 2.45) is 0 Å². The van der Waals surface area contributed by atoms with E-state index in [1.165, 1.54) is 38.0 Å². The summed E-state index contributed by atoms with van der Waals surface area (Å²) in [5.74, 6) is 0. The fourth-order valence-corrected chi connectivity index (χ4v) is 2.85. The summed E-state index contributed by atoms with van der Waals surface area (Å²) in [5.41, 5.74) is 1.68. The Morgan fingerprint density at radius 2 is 2.18 bits per heavy atom. The van der Waals surface area contributed by atoms with Gasteiger partial charge in [-0.1, -0.05) is 0 Å². The van der Waals surface area contributed by atoms with Gasteiger partial charge < -0.3 is 10.2 Å². The molecule has 2 aliphatic heterocycles. The van der Waals surface area contributed by atoms with Gasteiger partial charge in [0.05, 0.1) is 11.9 Å². The maximum Gasteiger partial charge on any atom is 0.0553 e. The Morgan fingerprint density at radius 1 is 1.29 bits per heavy atom. The number of anilines is 1.